The second-order valence-corrected chi connectivity index (χ2v) is 4.72. The third-order valence-corrected chi connectivity index (χ3v) is 3.03. The minimum Gasteiger partial charge on any atom is -0.395 e. The quantitative estimate of drug-likeness (QED) is 0.818. The Kier molecular flexibility index (Phi) is 5.71. The highest BCUT2D eigenvalue weighted by molar-refractivity contribution is 5.99. The minimum absolute atomic E-state index is 0.196. The van der Waals surface area contributed by atoms with E-state index in [0.29, 0.717) is 5.56 Å². The number of aliphatic hydroxyl groups excluding tert-OH is 1. The highest BCUT2D eigenvalue weighted by atomic mass is 19.4. The van der Waals surface area contributed by atoms with E-state index in [2.05, 4.69) is 0 Å². The fourth-order valence-electron chi connectivity index (χ4n) is 1.89. The third kappa shape index (κ3) is 4.94. The Morgan fingerprint density at radius 2 is 1.85 bits per heavy atom. The summed E-state index contributed by atoms with van der Waals surface area (Å²) in [5, 5.41) is 8.85. The molecular formula is C14H18F3NO2. The van der Waals surface area contributed by atoms with Crippen molar-refractivity contribution in [1.29, 1.82) is 0 Å². The number of ketones is 1. The molecule has 0 heterocycles. The Balaban J connectivity index is 2.85. The minimum atomic E-state index is -4.41. The van der Waals surface area contributed by atoms with Crippen molar-refractivity contribution in [3.63, 3.8) is 0 Å². The fraction of sp³-hybridized carbons (Fsp3) is 0.500. The van der Waals surface area contributed by atoms with Gasteiger partial charge in [0.2, 0.25) is 0 Å². The molecule has 0 aliphatic rings. The van der Waals surface area contributed by atoms with Gasteiger partial charge in [-0.2, -0.15) is 13.2 Å². The van der Waals surface area contributed by atoms with Gasteiger partial charge in [0.05, 0.1) is 19.2 Å². The zero-order valence-corrected chi connectivity index (χ0v) is 11.4. The maximum absolute atomic E-state index is 12.5. The molecule has 0 fully saturated rings. The summed E-state index contributed by atoms with van der Waals surface area (Å²) in [6.45, 7) is 1.44. The number of aryl methyl sites for hydroxylation is 1. The molecule has 0 bridgehead atoms. The lowest BCUT2D eigenvalue weighted by atomic mass is 10.0. The molecule has 1 atom stereocenters. The van der Waals surface area contributed by atoms with Gasteiger partial charge < -0.3 is 5.11 Å². The molecule has 0 aliphatic heterocycles. The number of aliphatic hydroxyl groups is 1. The van der Waals surface area contributed by atoms with E-state index in [-0.39, 0.29) is 12.3 Å². The lowest BCUT2D eigenvalue weighted by Gasteiger charge is -2.28. The molecule has 1 aromatic rings. The number of Topliss-reactive ketones (excluding diaryl/α,β-unsaturated/α-hetero) is 1. The molecule has 1 rings (SSSR count). The van der Waals surface area contributed by atoms with Crippen molar-refractivity contribution >= 4 is 5.78 Å². The van der Waals surface area contributed by atoms with Crippen LogP contribution in [0.3, 0.4) is 0 Å². The second-order valence-electron chi connectivity index (χ2n) is 4.72. The van der Waals surface area contributed by atoms with E-state index in [9.17, 15) is 18.0 Å². The Morgan fingerprint density at radius 1 is 1.30 bits per heavy atom. The first-order valence-electron chi connectivity index (χ1n) is 6.27. The molecule has 6 heteroatoms. The molecule has 0 radical (unpaired) electrons. The van der Waals surface area contributed by atoms with E-state index in [1.165, 1.54) is 6.92 Å². The van der Waals surface area contributed by atoms with Crippen LogP contribution in [0.15, 0.2) is 24.3 Å². The molecule has 1 N–H and O–H groups in total. The highest BCUT2D eigenvalue weighted by Gasteiger charge is 2.34. The fourth-order valence-corrected chi connectivity index (χ4v) is 1.89. The van der Waals surface area contributed by atoms with Crippen molar-refractivity contribution in [2.75, 3.05) is 19.7 Å². The van der Waals surface area contributed by atoms with Crippen molar-refractivity contribution in [1.82, 2.24) is 4.90 Å². The first kappa shape index (κ1) is 16.7. The number of carbonyl (C=O) groups is 1. The summed E-state index contributed by atoms with van der Waals surface area (Å²) in [7, 11) is 0. The Morgan fingerprint density at radius 3 is 2.30 bits per heavy atom. The zero-order valence-electron chi connectivity index (χ0n) is 11.4. The largest absolute Gasteiger partial charge is 0.401 e. The van der Waals surface area contributed by atoms with Gasteiger partial charge in [-0.15, -0.1) is 0 Å². The molecular weight excluding hydrogens is 271 g/mol. The van der Waals surface area contributed by atoms with E-state index < -0.39 is 25.4 Å². The van der Waals surface area contributed by atoms with Gasteiger partial charge in [0.25, 0.3) is 0 Å². The van der Waals surface area contributed by atoms with Gasteiger partial charge in [-0.1, -0.05) is 29.8 Å². The first-order chi connectivity index (χ1) is 9.24. The van der Waals surface area contributed by atoms with E-state index in [1.54, 1.807) is 24.3 Å². The standard InChI is InChI=1S/C14H18F3NO2/c1-10-3-5-12(6-4-10)13(20)11(2)18(7-8-19)9-14(15,16)17/h3-6,11,19H,7-9H2,1-2H3. The number of hydrogen-bond donors (Lipinski definition) is 1. The van der Waals surface area contributed by atoms with E-state index >= 15 is 0 Å². The number of hydrogen-bond acceptors (Lipinski definition) is 3. The maximum atomic E-state index is 12.5. The predicted octanol–water partition coefficient (Wildman–Crippen LogP) is 2.42. The van der Waals surface area contributed by atoms with Gasteiger partial charge in [0.1, 0.15) is 0 Å². The lowest BCUT2D eigenvalue weighted by Crippen LogP contribution is -2.45. The van der Waals surface area contributed by atoms with Crippen LogP contribution in [0.25, 0.3) is 0 Å². The number of nitrogens with zero attached hydrogens (tertiary/aromatic N) is 1. The average molecular weight is 289 g/mol. The van der Waals surface area contributed by atoms with Crippen LogP contribution in [-0.4, -0.2) is 47.7 Å². The molecule has 0 spiro atoms. The number of halogens is 3. The molecule has 0 aliphatic carbocycles. The predicted molar refractivity (Wildman–Crippen MR) is 69.7 cm³/mol. The van der Waals surface area contributed by atoms with Gasteiger partial charge >= 0.3 is 6.18 Å². The second kappa shape index (κ2) is 6.85. The molecule has 1 unspecified atom stereocenters. The first-order valence-corrected chi connectivity index (χ1v) is 6.27. The molecule has 0 aromatic heterocycles. The number of alkyl halides is 3. The summed E-state index contributed by atoms with van der Waals surface area (Å²) in [5.41, 5.74) is 1.34. The normalized spacial score (nSPS) is 13.6. The van der Waals surface area contributed by atoms with Crippen molar-refractivity contribution in [2.24, 2.45) is 0 Å². The topological polar surface area (TPSA) is 40.5 Å². The summed E-state index contributed by atoms with van der Waals surface area (Å²) in [5.74, 6) is -0.386. The molecule has 112 valence electrons. The Hall–Kier alpha value is -1.40. The van der Waals surface area contributed by atoms with Gasteiger partial charge in [-0.3, -0.25) is 9.69 Å². The molecule has 0 saturated heterocycles. The molecule has 3 nitrogen and oxygen atoms in total. The number of carbonyl (C=O) groups excluding carboxylic acids is 1. The molecule has 0 saturated carbocycles. The van der Waals surface area contributed by atoms with Crippen molar-refractivity contribution in [3.8, 4) is 0 Å². The summed E-state index contributed by atoms with van der Waals surface area (Å²) < 4.78 is 37.4. The van der Waals surface area contributed by atoms with Gasteiger partial charge in [0, 0.05) is 12.1 Å². The van der Waals surface area contributed by atoms with Gasteiger partial charge in [0.15, 0.2) is 5.78 Å². The smallest absolute Gasteiger partial charge is 0.395 e. The van der Waals surface area contributed by atoms with Crippen molar-refractivity contribution < 1.29 is 23.1 Å². The Labute approximate surface area is 116 Å². The van der Waals surface area contributed by atoms with Crippen LogP contribution < -0.4 is 0 Å². The van der Waals surface area contributed by atoms with Crippen LogP contribution in [0.1, 0.15) is 22.8 Å². The summed E-state index contributed by atoms with van der Waals surface area (Å²) in [4.78, 5) is 13.1. The highest BCUT2D eigenvalue weighted by Crippen LogP contribution is 2.19. The lowest BCUT2D eigenvalue weighted by molar-refractivity contribution is -0.149. The van der Waals surface area contributed by atoms with Gasteiger partial charge in [-0.05, 0) is 13.8 Å². The Bertz CT molecular complexity index is 443. The molecule has 1 aromatic carbocycles. The zero-order chi connectivity index (χ0) is 15.3. The SMILES string of the molecule is Cc1ccc(C(=O)C(C)N(CCO)CC(F)(F)F)cc1. The monoisotopic (exact) mass is 289 g/mol. The van der Waals surface area contributed by atoms with Crippen molar-refractivity contribution in [3.05, 3.63) is 35.4 Å². The summed E-state index contributed by atoms with van der Waals surface area (Å²) in [6.07, 6.45) is -4.41. The summed E-state index contributed by atoms with van der Waals surface area (Å²) >= 11 is 0. The van der Waals surface area contributed by atoms with E-state index in [1.807, 2.05) is 6.92 Å². The number of rotatable bonds is 6. The van der Waals surface area contributed by atoms with E-state index in [0.717, 1.165) is 10.5 Å². The molecule has 20 heavy (non-hydrogen) atoms. The van der Waals surface area contributed by atoms with Crippen LogP contribution in [0.4, 0.5) is 13.2 Å². The van der Waals surface area contributed by atoms with Crippen LogP contribution >= 0.6 is 0 Å². The van der Waals surface area contributed by atoms with Crippen LogP contribution in [0.5, 0.6) is 0 Å². The van der Waals surface area contributed by atoms with Crippen molar-refractivity contribution in [2.45, 2.75) is 26.1 Å². The van der Waals surface area contributed by atoms with Crippen LogP contribution in [-0.2, 0) is 0 Å². The van der Waals surface area contributed by atoms with Crippen LogP contribution in [0, 0.1) is 6.92 Å². The maximum Gasteiger partial charge on any atom is 0.401 e. The summed E-state index contributed by atoms with van der Waals surface area (Å²) in [6, 6.07) is 5.73. The van der Waals surface area contributed by atoms with Crippen LogP contribution in [0.2, 0.25) is 0 Å². The average Bonchev–Trinajstić information content (AvgIpc) is 2.36. The van der Waals surface area contributed by atoms with Gasteiger partial charge in [-0.25, -0.2) is 0 Å². The molecule has 0 amide bonds. The number of benzene rings is 1. The third-order valence-electron chi connectivity index (χ3n) is 3.03. The van der Waals surface area contributed by atoms with E-state index in [4.69, 9.17) is 5.11 Å².